The van der Waals surface area contributed by atoms with Crippen molar-refractivity contribution in [2.45, 2.75) is 37.3 Å². The number of aliphatic hydroxyl groups excluding tert-OH is 1. The van der Waals surface area contributed by atoms with Gasteiger partial charge in [0.25, 0.3) is 11.8 Å². The number of rotatable bonds is 8. The van der Waals surface area contributed by atoms with Crippen LogP contribution in [0, 0.1) is 0 Å². The Labute approximate surface area is 237 Å². The first-order valence-electron chi connectivity index (χ1n) is 14.0. The fraction of sp³-hybridized carbons (Fsp3) is 0.367. The summed E-state index contributed by atoms with van der Waals surface area (Å²) in [5.74, 6) is 2.27. The fourth-order valence-corrected chi connectivity index (χ4v) is 6.15. The quantitative estimate of drug-likeness (QED) is 0.297. The van der Waals surface area contributed by atoms with Crippen LogP contribution in [0.15, 0.2) is 59.3 Å². The number of pyridine rings is 2. The number of benzene rings is 1. The lowest BCUT2D eigenvalue weighted by Gasteiger charge is -2.46. The molecular formula is C30H32N8O3. The molecule has 7 heterocycles. The van der Waals surface area contributed by atoms with E-state index >= 15 is 0 Å². The molecule has 8 rings (SSSR count). The van der Waals surface area contributed by atoms with Gasteiger partial charge in [-0.3, -0.25) is 4.79 Å². The first kappa shape index (κ1) is 25.6. The van der Waals surface area contributed by atoms with Gasteiger partial charge in [-0.15, -0.1) is 0 Å². The number of aliphatic hydroxyl groups is 1. The lowest BCUT2D eigenvalue weighted by Crippen LogP contribution is -2.51. The van der Waals surface area contributed by atoms with Gasteiger partial charge in [0.1, 0.15) is 11.6 Å². The average Bonchev–Trinajstić information content (AvgIpc) is 3.62. The summed E-state index contributed by atoms with van der Waals surface area (Å²) in [7, 11) is 1.76. The van der Waals surface area contributed by atoms with E-state index in [0.29, 0.717) is 40.9 Å². The van der Waals surface area contributed by atoms with Gasteiger partial charge in [0.15, 0.2) is 5.82 Å². The number of nitrogens with zero attached hydrogens (tertiary/aromatic N) is 6. The van der Waals surface area contributed by atoms with Crippen LogP contribution in [0.2, 0.25) is 0 Å². The molecule has 0 saturated carbocycles. The lowest BCUT2D eigenvalue weighted by atomic mass is 9.71. The lowest BCUT2D eigenvalue weighted by molar-refractivity contribution is 0.0747. The summed E-state index contributed by atoms with van der Waals surface area (Å²) in [6.45, 7) is 3.55. The monoisotopic (exact) mass is 552 g/mol. The van der Waals surface area contributed by atoms with Crippen LogP contribution in [0.1, 0.15) is 52.7 Å². The zero-order chi connectivity index (χ0) is 28.0. The standard InChI is InChI=1S/C30H32N8O3/c1-37-17-23-20(28(37)40)7-8-25(33-23)34-26-15-22(32-24(18-39)19-5-3-2-4-6-19)21(16-31-26)27-35-29(36-41-27)30-9-12-38(13-10-30)14-11-30/h2-8,15-16,24,39H,9-14,17-18H2,1H3,(H2,31,32,33,34)/t24-/m1/s1. The van der Waals surface area contributed by atoms with E-state index in [-0.39, 0.29) is 24.0 Å². The number of anilines is 3. The second kappa shape index (κ2) is 10.2. The number of hydrogen-bond acceptors (Lipinski definition) is 10. The highest BCUT2D eigenvalue weighted by atomic mass is 16.5. The molecule has 0 spiro atoms. The van der Waals surface area contributed by atoms with Crippen LogP contribution in [-0.2, 0) is 12.0 Å². The van der Waals surface area contributed by atoms with Gasteiger partial charge in [-0.1, -0.05) is 35.5 Å². The molecule has 0 aliphatic carbocycles. The Hall–Kier alpha value is -4.35. The normalized spacial score (nSPS) is 22.0. The van der Waals surface area contributed by atoms with Gasteiger partial charge in [-0.2, -0.15) is 4.98 Å². The van der Waals surface area contributed by atoms with Crippen molar-refractivity contribution in [1.29, 1.82) is 0 Å². The third-order valence-electron chi connectivity index (χ3n) is 8.66. The summed E-state index contributed by atoms with van der Waals surface area (Å²) in [4.78, 5) is 30.6. The summed E-state index contributed by atoms with van der Waals surface area (Å²) in [5, 5.41) is 21.5. The highest BCUT2D eigenvalue weighted by Crippen LogP contribution is 2.42. The average molecular weight is 553 g/mol. The molecule has 11 heteroatoms. The molecule has 3 fully saturated rings. The van der Waals surface area contributed by atoms with E-state index in [2.05, 4.69) is 30.7 Å². The summed E-state index contributed by atoms with van der Waals surface area (Å²) in [5.41, 5.74) is 3.60. The molecular weight excluding hydrogens is 520 g/mol. The molecule has 41 heavy (non-hydrogen) atoms. The fourth-order valence-electron chi connectivity index (χ4n) is 6.15. The van der Waals surface area contributed by atoms with Crippen LogP contribution < -0.4 is 10.6 Å². The summed E-state index contributed by atoms with van der Waals surface area (Å²) in [6.07, 6.45) is 4.81. The zero-order valence-electron chi connectivity index (χ0n) is 22.9. The smallest absolute Gasteiger partial charge is 0.261 e. The van der Waals surface area contributed by atoms with Crippen LogP contribution in [0.5, 0.6) is 0 Å². The first-order chi connectivity index (χ1) is 20.0. The summed E-state index contributed by atoms with van der Waals surface area (Å²) in [6, 6.07) is 14.8. The number of carbonyl (C=O) groups excluding carboxylic acids is 1. The van der Waals surface area contributed by atoms with E-state index < -0.39 is 0 Å². The minimum Gasteiger partial charge on any atom is -0.394 e. The highest BCUT2D eigenvalue weighted by Gasteiger charge is 2.44. The molecule has 1 aromatic carbocycles. The van der Waals surface area contributed by atoms with E-state index in [1.54, 1.807) is 30.3 Å². The SMILES string of the molecule is CN1Cc2nc(Nc3cc(N[C@H](CO)c4ccccc4)c(-c4nc(C56CCN(CC5)CC6)no4)cn3)ccc2C1=O. The van der Waals surface area contributed by atoms with Gasteiger partial charge in [0, 0.05) is 24.7 Å². The number of amides is 1. The Balaban J connectivity index is 1.22. The van der Waals surface area contributed by atoms with Crippen molar-refractivity contribution in [2.24, 2.45) is 0 Å². The topological polar surface area (TPSA) is 133 Å². The minimum atomic E-state index is -0.367. The second-order valence-electron chi connectivity index (χ2n) is 11.2. The molecule has 4 aliphatic rings. The van der Waals surface area contributed by atoms with Crippen molar-refractivity contribution in [1.82, 2.24) is 29.9 Å². The van der Waals surface area contributed by atoms with E-state index in [9.17, 15) is 9.90 Å². The molecule has 4 aromatic rings. The van der Waals surface area contributed by atoms with Crippen LogP contribution in [-0.4, -0.2) is 74.2 Å². The van der Waals surface area contributed by atoms with E-state index in [0.717, 1.165) is 56.0 Å². The largest absolute Gasteiger partial charge is 0.394 e. The van der Waals surface area contributed by atoms with Crippen molar-refractivity contribution in [3.05, 3.63) is 77.4 Å². The molecule has 0 unspecified atom stereocenters. The first-order valence-corrected chi connectivity index (χ1v) is 14.0. The van der Waals surface area contributed by atoms with Crippen molar-refractivity contribution >= 4 is 23.2 Å². The van der Waals surface area contributed by atoms with Gasteiger partial charge < -0.3 is 30.1 Å². The molecule has 3 N–H and O–H groups in total. The van der Waals surface area contributed by atoms with Crippen molar-refractivity contribution in [2.75, 3.05) is 43.9 Å². The summed E-state index contributed by atoms with van der Waals surface area (Å²) < 4.78 is 5.85. The Morgan fingerprint density at radius 3 is 2.56 bits per heavy atom. The number of piperidine rings is 3. The second-order valence-corrected chi connectivity index (χ2v) is 11.2. The molecule has 210 valence electrons. The van der Waals surface area contributed by atoms with Gasteiger partial charge in [0.2, 0.25) is 0 Å². The predicted molar refractivity (Wildman–Crippen MR) is 153 cm³/mol. The highest BCUT2D eigenvalue weighted by molar-refractivity contribution is 5.97. The van der Waals surface area contributed by atoms with E-state index in [1.165, 1.54) is 0 Å². The number of aromatic nitrogens is 4. The number of hydrogen-bond donors (Lipinski definition) is 3. The molecule has 11 nitrogen and oxygen atoms in total. The zero-order valence-corrected chi connectivity index (χ0v) is 22.9. The third-order valence-corrected chi connectivity index (χ3v) is 8.66. The van der Waals surface area contributed by atoms with Gasteiger partial charge >= 0.3 is 0 Å². The van der Waals surface area contributed by atoms with Crippen molar-refractivity contribution in [3.63, 3.8) is 0 Å². The van der Waals surface area contributed by atoms with Crippen molar-refractivity contribution < 1.29 is 14.4 Å². The number of fused-ring (bicyclic) bond motifs is 4. The Morgan fingerprint density at radius 1 is 1.02 bits per heavy atom. The number of carbonyl (C=O) groups is 1. The van der Waals surface area contributed by atoms with Crippen LogP contribution in [0.3, 0.4) is 0 Å². The Bertz CT molecular complexity index is 1570. The maximum atomic E-state index is 12.3. The predicted octanol–water partition coefficient (Wildman–Crippen LogP) is 3.74. The van der Waals surface area contributed by atoms with Gasteiger partial charge in [-0.25, -0.2) is 9.97 Å². The number of nitrogens with one attached hydrogen (secondary N) is 2. The molecule has 3 aromatic heterocycles. The maximum Gasteiger partial charge on any atom is 0.261 e. The molecule has 3 saturated heterocycles. The third kappa shape index (κ3) is 4.70. The van der Waals surface area contributed by atoms with Crippen LogP contribution in [0.25, 0.3) is 11.5 Å². The maximum absolute atomic E-state index is 12.3. The van der Waals surface area contributed by atoms with Crippen LogP contribution in [0.4, 0.5) is 17.3 Å². The van der Waals surface area contributed by atoms with Crippen molar-refractivity contribution in [3.8, 4) is 11.5 Å². The molecule has 1 amide bonds. The molecule has 0 radical (unpaired) electrons. The molecule has 2 bridgehead atoms. The minimum absolute atomic E-state index is 0.0266. The Morgan fingerprint density at radius 2 is 1.80 bits per heavy atom. The molecule has 1 atom stereocenters. The van der Waals surface area contributed by atoms with Gasteiger partial charge in [-0.05, 0) is 56.6 Å². The van der Waals surface area contributed by atoms with Crippen LogP contribution >= 0.6 is 0 Å². The van der Waals surface area contributed by atoms with Gasteiger partial charge in [0.05, 0.1) is 41.7 Å². The van der Waals surface area contributed by atoms with E-state index in [4.69, 9.17) is 9.51 Å². The summed E-state index contributed by atoms with van der Waals surface area (Å²) >= 11 is 0. The van der Waals surface area contributed by atoms with E-state index in [1.807, 2.05) is 36.4 Å². The molecule has 4 aliphatic heterocycles. The Kier molecular flexibility index (Phi) is 6.40.